The van der Waals surface area contributed by atoms with Crippen LogP contribution in [-0.2, 0) is 25.6 Å². The van der Waals surface area contributed by atoms with Crippen molar-refractivity contribution in [2.75, 3.05) is 13.2 Å². The maximum atomic E-state index is 12.8. The molecule has 2 saturated carbocycles. The fourth-order valence-corrected chi connectivity index (χ4v) is 5.26. The van der Waals surface area contributed by atoms with Gasteiger partial charge in [-0.25, -0.2) is 0 Å². The van der Waals surface area contributed by atoms with Crippen LogP contribution < -0.4 is 5.32 Å². The molecule has 0 unspecified atom stereocenters. The highest BCUT2D eigenvalue weighted by atomic mass is 16.9. The summed E-state index contributed by atoms with van der Waals surface area (Å²) < 4.78 is 5.81. The van der Waals surface area contributed by atoms with Gasteiger partial charge >= 0.3 is 5.97 Å². The van der Waals surface area contributed by atoms with Gasteiger partial charge in [0.15, 0.2) is 0 Å². The molecule has 1 amide bonds. The fraction of sp³-hybridized carbons (Fsp3) is 0.600. The normalized spacial score (nSPS) is 26.6. The van der Waals surface area contributed by atoms with E-state index in [1.807, 2.05) is 55.5 Å². The van der Waals surface area contributed by atoms with Gasteiger partial charge in [-0.2, -0.15) is 0 Å². The molecule has 0 aromatic heterocycles. The molecule has 3 rings (SSSR count). The van der Waals surface area contributed by atoms with Gasteiger partial charge in [-0.1, -0.05) is 48.6 Å². The Kier molecular flexibility index (Phi) is 12.6. The molecule has 10 nitrogen and oxygen atoms in total. The van der Waals surface area contributed by atoms with Crippen molar-refractivity contribution in [3.8, 4) is 0 Å². The molecule has 0 aliphatic heterocycles. The summed E-state index contributed by atoms with van der Waals surface area (Å²) in [5.74, 6) is -1.48. The molecular weight excluding hydrogens is 516 g/mol. The Hall–Kier alpha value is -3.24. The van der Waals surface area contributed by atoms with E-state index < -0.39 is 35.3 Å². The van der Waals surface area contributed by atoms with Crippen LogP contribution in [0.3, 0.4) is 0 Å². The zero-order valence-electron chi connectivity index (χ0n) is 23.1. The number of hydrogen-bond donors (Lipinski definition) is 3. The van der Waals surface area contributed by atoms with Crippen LogP contribution in [0.4, 0.5) is 0 Å². The van der Waals surface area contributed by atoms with Crippen LogP contribution in [-0.4, -0.2) is 58.6 Å². The number of amides is 1. The van der Waals surface area contributed by atoms with Crippen molar-refractivity contribution in [2.45, 2.75) is 76.6 Å². The number of carbonyl (C=O) groups is 2. The van der Waals surface area contributed by atoms with Gasteiger partial charge in [-0.05, 0) is 68.9 Å². The number of benzene rings is 1. The van der Waals surface area contributed by atoms with E-state index in [0.717, 1.165) is 18.4 Å². The van der Waals surface area contributed by atoms with Gasteiger partial charge in [-0.3, -0.25) is 9.59 Å². The van der Waals surface area contributed by atoms with Crippen LogP contribution in [0.15, 0.2) is 54.6 Å². The molecule has 2 aliphatic rings. The molecule has 0 saturated heterocycles. The van der Waals surface area contributed by atoms with Crippen molar-refractivity contribution >= 4 is 11.9 Å². The third-order valence-electron chi connectivity index (χ3n) is 7.63. The van der Waals surface area contributed by atoms with Crippen molar-refractivity contribution in [1.29, 1.82) is 0 Å². The second kappa shape index (κ2) is 16.1. The smallest absolute Gasteiger partial charge is 0.309 e. The summed E-state index contributed by atoms with van der Waals surface area (Å²) in [6, 6.07) is 9.84. The molecule has 220 valence electrons. The molecule has 0 radical (unpaired) electrons. The predicted molar refractivity (Wildman–Crippen MR) is 148 cm³/mol. The topological polar surface area (TPSA) is 148 Å². The lowest BCUT2D eigenvalue weighted by molar-refractivity contribution is -0.758. The van der Waals surface area contributed by atoms with Gasteiger partial charge < -0.3 is 25.1 Å². The summed E-state index contributed by atoms with van der Waals surface area (Å²) in [5.41, 5.74) is 1.10. The molecule has 0 spiro atoms. The zero-order valence-corrected chi connectivity index (χ0v) is 23.1. The van der Waals surface area contributed by atoms with Gasteiger partial charge in [0.2, 0.25) is 5.91 Å². The van der Waals surface area contributed by atoms with Gasteiger partial charge in [0.25, 0.3) is 5.09 Å². The number of aliphatic hydroxyl groups is 2. The largest absolute Gasteiger partial charge is 0.458 e. The Morgan fingerprint density at radius 1 is 1.18 bits per heavy atom. The second-order valence-electron chi connectivity index (χ2n) is 10.7. The third kappa shape index (κ3) is 10.4. The lowest BCUT2D eigenvalue weighted by atomic mass is 9.89. The van der Waals surface area contributed by atoms with E-state index in [0.29, 0.717) is 38.6 Å². The fourth-order valence-electron chi connectivity index (χ4n) is 5.26. The number of esters is 1. The van der Waals surface area contributed by atoms with Gasteiger partial charge in [-0.15, -0.1) is 10.1 Å². The number of unbranched alkanes of at least 4 members (excludes halogenated alkanes) is 1. The second-order valence-corrected chi connectivity index (χ2v) is 10.7. The first-order valence-corrected chi connectivity index (χ1v) is 14.3. The molecule has 2 fully saturated rings. The molecule has 10 heteroatoms. The minimum absolute atomic E-state index is 0.0417. The number of rotatable bonds is 17. The predicted octanol–water partition coefficient (Wildman–Crippen LogP) is 3.54. The number of nitrogens with zero attached hydrogens (tertiary/aromatic N) is 1. The standard InChI is InChI=1S/C30H42N2O8/c1-2-31-29(35)13-9-4-3-8-12-24-25(28(34)19-27(24)33)17-16-23(15-14-21-10-6-5-7-11-21)40-30(36)26-18-22(26)20-39-32(37)38/h3,5-8,10-11,16-17,22-28,33-34H,2,4,9,12-15,18-20H2,1H3,(H,31,35)/t22-,23+,24-,25-,26+,27+,28-/m1/s1. The average Bonchev–Trinajstić information content (AvgIpc) is 3.66. The molecular formula is C30H42N2O8. The quantitative estimate of drug-likeness (QED) is 0.0865. The number of aryl methyl sites for hydroxylation is 1. The summed E-state index contributed by atoms with van der Waals surface area (Å²) in [6.07, 6.45) is 10.3. The van der Waals surface area contributed by atoms with Gasteiger partial charge in [0.05, 0.1) is 18.1 Å². The Bertz CT molecular complexity index is 1010. The summed E-state index contributed by atoms with van der Waals surface area (Å²) >= 11 is 0. The molecule has 7 atom stereocenters. The van der Waals surface area contributed by atoms with Crippen LogP contribution in [0.5, 0.6) is 0 Å². The summed E-state index contributed by atoms with van der Waals surface area (Å²) in [6.45, 7) is 2.39. The van der Waals surface area contributed by atoms with Crippen molar-refractivity contribution in [2.24, 2.45) is 23.7 Å². The van der Waals surface area contributed by atoms with Crippen molar-refractivity contribution in [3.63, 3.8) is 0 Å². The van der Waals surface area contributed by atoms with Crippen LogP contribution in [0.25, 0.3) is 0 Å². The molecule has 2 aliphatic carbocycles. The van der Waals surface area contributed by atoms with Crippen molar-refractivity contribution in [1.82, 2.24) is 5.32 Å². The van der Waals surface area contributed by atoms with E-state index in [-0.39, 0.29) is 36.7 Å². The van der Waals surface area contributed by atoms with E-state index in [1.165, 1.54) is 0 Å². The number of nitrogens with one attached hydrogen (secondary N) is 1. The minimum Gasteiger partial charge on any atom is -0.458 e. The van der Waals surface area contributed by atoms with Gasteiger partial charge in [0.1, 0.15) is 12.7 Å². The van der Waals surface area contributed by atoms with E-state index in [1.54, 1.807) is 6.08 Å². The first kappa shape index (κ1) is 31.3. The molecule has 40 heavy (non-hydrogen) atoms. The van der Waals surface area contributed by atoms with Gasteiger partial charge in [0, 0.05) is 25.3 Å². The number of aliphatic hydroxyl groups excluding tert-OH is 2. The number of hydrogen-bond acceptors (Lipinski definition) is 8. The van der Waals surface area contributed by atoms with E-state index in [9.17, 15) is 29.9 Å². The lowest BCUT2D eigenvalue weighted by Gasteiger charge is -2.21. The monoisotopic (exact) mass is 558 g/mol. The molecule has 1 aromatic carbocycles. The Morgan fingerprint density at radius 3 is 2.67 bits per heavy atom. The number of ether oxygens (including phenoxy) is 1. The van der Waals surface area contributed by atoms with E-state index in [2.05, 4.69) is 10.2 Å². The Balaban J connectivity index is 1.58. The van der Waals surface area contributed by atoms with Crippen LogP contribution in [0.2, 0.25) is 0 Å². The van der Waals surface area contributed by atoms with Crippen LogP contribution >= 0.6 is 0 Å². The number of carbonyl (C=O) groups excluding carboxylic acids is 2. The summed E-state index contributed by atoms with van der Waals surface area (Å²) in [7, 11) is 0. The maximum Gasteiger partial charge on any atom is 0.309 e. The zero-order chi connectivity index (χ0) is 28.9. The van der Waals surface area contributed by atoms with Crippen molar-refractivity contribution in [3.05, 3.63) is 70.3 Å². The minimum atomic E-state index is -0.856. The molecule has 1 aromatic rings. The number of allylic oxidation sites excluding steroid dienone is 2. The average molecular weight is 559 g/mol. The summed E-state index contributed by atoms with van der Waals surface area (Å²) in [4.78, 5) is 39.2. The van der Waals surface area contributed by atoms with Crippen LogP contribution in [0, 0.1) is 33.8 Å². The Labute approximate surface area is 235 Å². The lowest BCUT2D eigenvalue weighted by Crippen LogP contribution is -2.22. The van der Waals surface area contributed by atoms with Crippen molar-refractivity contribution < 1.29 is 34.5 Å². The first-order valence-electron chi connectivity index (χ1n) is 14.3. The molecule has 0 heterocycles. The Morgan fingerprint density at radius 2 is 1.95 bits per heavy atom. The SMILES string of the molecule is CCNC(=O)CCCC=CC[C@@H]1[C@@H](C=C[C@H](CCc2ccccc2)OC(=O)[C@H]2C[C@@H]2CO[N+](=O)[O-])[C@H](O)C[C@@H]1O. The molecule has 3 N–H and O–H groups in total. The highest BCUT2D eigenvalue weighted by molar-refractivity contribution is 5.76. The maximum absolute atomic E-state index is 12.8. The highest BCUT2D eigenvalue weighted by Crippen LogP contribution is 2.40. The van der Waals surface area contributed by atoms with Crippen LogP contribution in [0.1, 0.15) is 57.4 Å². The van der Waals surface area contributed by atoms with E-state index >= 15 is 0 Å². The molecule has 0 bridgehead atoms. The first-order chi connectivity index (χ1) is 19.3. The summed E-state index contributed by atoms with van der Waals surface area (Å²) in [5, 5.41) is 33.6. The van der Waals surface area contributed by atoms with E-state index in [4.69, 9.17) is 4.74 Å². The third-order valence-corrected chi connectivity index (χ3v) is 7.63. The highest BCUT2D eigenvalue weighted by Gasteiger charge is 2.45.